The molecule has 1 unspecified atom stereocenters. The number of benzene rings is 2. The quantitative estimate of drug-likeness (QED) is 0.914. The van der Waals surface area contributed by atoms with Crippen LogP contribution in [0.25, 0.3) is 0 Å². The molecule has 1 atom stereocenters. The highest BCUT2D eigenvalue weighted by Gasteiger charge is 2.23. The van der Waals surface area contributed by atoms with Gasteiger partial charge in [-0.3, -0.25) is 0 Å². The average Bonchev–Trinajstić information content (AvgIpc) is 2.90. The first kappa shape index (κ1) is 14.0. The van der Waals surface area contributed by atoms with Crippen molar-refractivity contribution in [3.05, 3.63) is 59.2 Å². The third-order valence-corrected chi connectivity index (χ3v) is 3.79. The van der Waals surface area contributed by atoms with Crippen molar-refractivity contribution in [3.8, 4) is 11.5 Å². The number of hydrogen-bond donors (Lipinski definition) is 1. The minimum absolute atomic E-state index is 0.101. The van der Waals surface area contributed by atoms with E-state index in [1.807, 2.05) is 19.2 Å². The van der Waals surface area contributed by atoms with Gasteiger partial charge in [-0.25, -0.2) is 0 Å². The topological polar surface area (TPSA) is 30.5 Å². The molecule has 21 heavy (non-hydrogen) atoms. The van der Waals surface area contributed by atoms with Gasteiger partial charge in [0.25, 0.3) is 0 Å². The van der Waals surface area contributed by atoms with Gasteiger partial charge in [-0.2, -0.15) is 0 Å². The summed E-state index contributed by atoms with van der Waals surface area (Å²) in [5.41, 5.74) is 3.62. The summed E-state index contributed by atoms with van der Waals surface area (Å²) < 4.78 is 12.0. The van der Waals surface area contributed by atoms with Crippen LogP contribution in [0.15, 0.2) is 42.5 Å². The Labute approximate surface area is 125 Å². The number of fused-ring (bicyclic) bond motifs is 1. The van der Waals surface area contributed by atoms with Crippen LogP contribution >= 0.6 is 0 Å². The summed E-state index contributed by atoms with van der Waals surface area (Å²) in [5.74, 6) is 1.97. The lowest BCUT2D eigenvalue weighted by Crippen LogP contribution is -2.23. The zero-order chi connectivity index (χ0) is 14.7. The Morgan fingerprint density at radius 1 is 1.19 bits per heavy atom. The minimum Gasteiger partial charge on any atom is -0.489 e. The number of ether oxygens (including phenoxy) is 2. The molecule has 2 aromatic rings. The van der Waals surface area contributed by atoms with Crippen molar-refractivity contribution in [1.29, 1.82) is 0 Å². The zero-order valence-electron chi connectivity index (χ0n) is 12.6. The summed E-state index contributed by atoms with van der Waals surface area (Å²) in [6, 6.07) is 14.5. The Bertz CT molecular complexity index is 599. The molecule has 0 spiro atoms. The largest absolute Gasteiger partial charge is 0.489 e. The first-order chi connectivity index (χ1) is 10.3. The molecule has 1 heterocycles. The van der Waals surface area contributed by atoms with Gasteiger partial charge >= 0.3 is 0 Å². The van der Waals surface area contributed by atoms with E-state index in [1.54, 1.807) is 0 Å². The molecule has 0 aliphatic carbocycles. The van der Waals surface area contributed by atoms with Gasteiger partial charge in [0, 0.05) is 18.5 Å². The van der Waals surface area contributed by atoms with E-state index in [9.17, 15) is 0 Å². The van der Waals surface area contributed by atoms with Crippen LogP contribution in [0.2, 0.25) is 0 Å². The standard InChI is InChI=1S/C18H21NO2/c1-13-6-5-8-15(11-19-2)18(13)20-12-16-10-14-7-3-4-9-17(14)21-16/h3-9,16,19H,10-12H2,1-2H3. The maximum atomic E-state index is 6.07. The summed E-state index contributed by atoms with van der Waals surface area (Å²) in [4.78, 5) is 0. The summed E-state index contributed by atoms with van der Waals surface area (Å²) in [7, 11) is 1.95. The maximum absolute atomic E-state index is 6.07. The lowest BCUT2D eigenvalue weighted by Gasteiger charge is -2.17. The van der Waals surface area contributed by atoms with E-state index >= 15 is 0 Å². The van der Waals surface area contributed by atoms with E-state index < -0.39 is 0 Å². The highest BCUT2D eigenvalue weighted by molar-refractivity contribution is 5.41. The summed E-state index contributed by atoms with van der Waals surface area (Å²) >= 11 is 0. The lowest BCUT2D eigenvalue weighted by atomic mass is 10.1. The summed E-state index contributed by atoms with van der Waals surface area (Å²) in [6.45, 7) is 3.47. The van der Waals surface area contributed by atoms with E-state index in [0.29, 0.717) is 6.61 Å². The fourth-order valence-corrected chi connectivity index (χ4v) is 2.77. The number of hydrogen-bond acceptors (Lipinski definition) is 3. The van der Waals surface area contributed by atoms with Gasteiger partial charge in [0.15, 0.2) is 0 Å². The Morgan fingerprint density at radius 2 is 2.05 bits per heavy atom. The third kappa shape index (κ3) is 3.03. The zero-order valence-corrected chi connectivity index (χ0v) is 12.6. The van der Waals surface area contributed by atoms with Crippen molar-refractivity contribution in [1.82, 2.24) is 5.32 Å². The predicted octanol–water partition coefficient (Wildman–Crippen LogP) is 3.10. The second-order valence-electron chi connectivity index (χ2n) is 5.46. The number of para-hydroxylation sites is 2. The van der Waals surface area contributed by atoms with Crippen molar-refractivity contribution in [2.24, 2.45) is 0 Å². The highest BCUT2D eigenvalue weighted by atomic mass is 16.5. The molecule has 3 rings (SSSR count). The van der Waals surface area contributed by atoms with Gasteiger partial charge in [0.1, 0.15) is 24.2 Å². The van der Waals surface area contributed by atoms with E-state index in [0.717, 1.165) is 24.5 Å². The van der Waals surface area contributed by atoms with Crippen molar-refractivity contribution in [2.75, 3.05) is 13.7 Å². The predicted molar refractivity (Wildman–Crippen MR) is 84.0 cm³/mol. The van der Waals surface area contributed by atoms with E-state index in [1.165, 1.54) is 16.7 Å². The number of nitrogens with one attached hydrogen (secondary N) is 1. The molecule has 0 radical (unpaired) electrons. The second kappa shape index (κ2) is 6.19. The number of aryl methyl sites for hydroxylation is 1. The van der Waals surface area contributed by atoms with Crippen LogP contribution in [0.3, 0.4) is 0 Å². The molecule has 1 N–H and O–H groups in total. The van der Waals surface area contributed by atoms with E-state index in [-0.39, 0.29) is 6.10 Å². The molecule has 3 nitrogen and oxygen atoms in total. The van der Waals surface area contributed by atoms with Gasteiger partial charge < -0.3 is 14.8 Å². The molecule has 110 valence electrons. The number of rotatable bonds is 5. The van der Waals surface area contributed by atoms with Crippen molar-refractivity contribution >= 4 is 0 Å². The Morgan fingerprint density at radius 3 is 2.86 bits per heavy atom. The Hall–Kier alpha value is -2.00. The van der Waals surface area contributed by atoms with Crippen LogP contribution in [0.1, 0.15) is 16.7 Å². The van der Waals surface area contributed by atoms with E-state index in [2.05, 4.69) is 42.6 Å². The molecular weight excluding hydrogens is 262 g/mol. The van der Waals surface area contributed by atoms with Crippen LogP contribution in [0, 0.1) is 6.92 Å². The molecule has 0 saturated heterocycles. The first-order valence-electron chi connectivity index (χ1n) is 7.38. The smallest absolute Gasteiger partial charge is 0.137 e. The molecule has 1 aliphatic rings. The second-order valence-corrected chi connectivity index (χ2v) is 5.46. The monoisotopic (exact) mass is 283 g/mol. The SMILES string of the molecule is CNCc1cccc(C)c1OCC1Cc2ccccc2O1. The molecule has 0 fully saturated rings. The highest BCUT2D eigenvalue weighted by Crippen LogP contribution is 2.29. The molecule has 0 aromatic heterocycles. The Balaban J connectivity index is 1.67. The molecular formula is C18H21NO2. The maximum Gasteiger partial charge on any atom is 0.137 e. The van der Waals surface area contributed by atoms with Crippen LogP contribution in [0.5, 0.6) is 11.5 Å². The molecule has 3 heteroatoms. The van der Waals surface area contributed by atoms with Gasteiger partial charge in [-0.15, -0.1) is 0 Å². The molecule has 2 aromatic carbocycles. The average molecular weight is 283 g/mol. The first-order valence-corrected chi connectivity index (χ1v) is 7.38. The molecule has 0 bridgehead atoms. The van der Waals surface area contributed by atoms with Crippen molar-refractivity contribution in [2.45, 2.75) is 26.0 Å². The van der Waals surface area contributed by atoms with Gasteiger partial charge in [-0.05, 0) is 31.2 Å². The fraction of sp³-hybridized carbons (Fsp3) is 0.333. The molecule has 0 saturated carbocycles. The van der Waals surface area contributed by atoms with Crippen LogP contribution in [0.4, 0.5) is 0 Å². The fourth-order valence-electron chi connectivity index (χ4n) is 2.77. The van der Waals surface area contributed by atoms with Crippen molar-refractivity contribution in [3.63, 3.8) is 0 Å². The normalized spacial score (nSPS) is 16.4. The van der Waals surface area contributed by atoms with E-state index in [4.69, 9.17) is 9.47 Å². The summed E-state index contributed by atoms with van der Waals surface area (Å²) in [6.07, 6.45) is 1.02. The molecule has 0 amide bonds. The minimum atomic E-state index is 0.101. The molecule has 1 aliphatic heterocycles. The van der Waals surface area contributed by atoms with Crippen LogP contribution in [-0.4, -0.2) is 19.8 Å². The summed E-state index contributed by atoms with van der Waals surface area (Å²) in [5, 5.41) is 3.18. The van der Waals surface area contributed by atoms with Gasteiger partial charge in [0.2, 0.25) is 0 Å². The Kier molecular flexibility index (Phi) is 4.11. The van der Waals surface area contributed by atoms with Crippen molar-refractivity contribution < 1.29 is 9.47 Å². The van der Waals surface area contributed by atoms with Crippen LogP contribution < -0.4 is 14.8 Å². The van der Waals surface area contributed by atoms with Gasteiger partial charge in [0.05, 0.1) is 0 Å². The lowest BCUT2D eigenvalue weighted by molar-refractivity contribution is 0.147. The third-order valence-electron chi connectivity index (χ3n) is 3.79. The van der Waals surface area contributed by atoms with Crippen LogP contribution in [-0.2, 0) is 13.0 Å². The van der Waals surface area contributed by atoms with Gasteiger partial charge in [-0.1, -0.05) is 36.4 Å².